The predicted octanol–water partition coefficient (Wildman–Crippen LogP) is 2.68. The highest BCUT2D eigenvalue weighted by Gasteiger charge is 2.21. The second kappa shape index (κ2) is 5.18. The lowest BCUT2D eigenvalue weighted by Gasteiger charge is -2.02. The number of hydrogen-bond acceptors (Lipinski definition) is 4. The molecule has 0 bridgehead atoms. The molecule has 19 heavy (non-hydrogen) atoms. The highest BCUT2D eigenvalue weighted by molar-refractivity contribution is 7.94. The molecule has 100 valence electrons. The Kier molecular flexibility index (Phi) is 3.77. The van der Waals surface area contributed by atoms with Gasteiger partial charge in [-0.05, 0) is 29.6 Å². The lowest BCUT2D eigenvalue weighted by Crippen LogP contribution is -2.15. The van der Waals surface area contributed by atoms with Gasteiger partial charge in [-0.2, -0.15) is 0 Å². The van der Waals surface area contributed by atoms with E-state index in [0.717, 1.165) is 23.5 Å². The van der Waals surface area contributed by atoms with Gasteiger partial charge in [-0.25, -0.2) is 17.2 Å². The van der Waals surface area contributed by atoms with Crippen LogP contribution in [0.5, 0.6) is 0 Å². The molecule has 1 aromatic carbocycles. The number of carbonyl (C=O) groups excluding carboxylic acids is 1. The van der Waals surface area contributed by atoms with E-state index in [2.05, 4.69) is 0 Å². The average molecular weight is 302 g/mol. The lowest BCUT2D eigenvalue weighted by molar-refractivity contribution is 0.102. The smallest absolute Gasteiger partial charge is 0.195 e. The van der Waals surface area contributed by atoms with Crippen molar-refractivity contribution in [3.63, 3.8) is 0 Å². The third-order valence-corrected chi connectivity index (χ3v) is 5.47. The van der Waals surface area contributed by atoms with E-state index in [1.807, 2.05) is 0 Å². The van der Waals surface area contributed by atoms with Crippen LogP contribution in [0.15, 0.2) is 39.9 Å². The summed E-state index contributed by atoms with van der Waals surface area (Å²) in [4.78, 5) is 11.8. The third-order valence-electron chi connectivity index (χ3n) is 2.36. The molecule has 1 heterocycles. The molecule has 0 amide bonds. The fourth-order valence-electron chi connectivity index (χ4n) is 1.44. The Bertz CT molecular complexity index is 707. The van der Waals surface area contributed by atoms with Gasteiger partial charge in [-0.3, -0.25) is 4.79 Å². The Morgan fingerprint density at radius 2 is 1.89 bits per heavy atom. The zero-order valence-electron chi connectivity index (χ0n) is 9.47. The molecule has 2 rings (SSSR count). The minimum Gasteiger partial charge on any atom is -0.293 e. The first kappa shape index (κ1) is 13.8. The molecular weight excluding hydrogens is 294 g/mol. The molecule has 7 heteroatoms. The van der Waals surface area contributed by atoms with E-state index < -0.39 is 33.0 Å². The van der Waals surface area contributed by atoms with Gasteiger partial charge in [0.1, 0.15) is 9.96 Å². The van der Waals surface area contributed by atoms with Crippen molar-refractivity contribution < 1.29 is 22.0 Å². The molecule has 0 radical (unpaired) electrons. The number of sulfone groups is 1. The molecular formula is C12H8F2O3S2. The molecule has 0 spiro atoms. The van der Waals surface area contributed by atoms with Gasteiger partial charge in [0.25, 0.3) is 0 Å². The van der Waals surface area contributed by atoms with Crippen molar-refractivity contribution >= 4 is 27.0 Å². The molecule has 0 aliphatic rings. The first-order valence-electron chi connectivity index (χ1n) is 5.14. The molecule has 0 N–H and O–H groups in total. The van der Waals surface area contributed by atoms with E-state index in [1.54, 1.807) is 11.4 Å². The molecule has 1 aromatic heterocycles. The maximum Gasteiger partial charge on any atom is 0.195 e. The van der Waals surface area contributed by atoms with Gasteiger partial charge in [-0.1, -0.05) is 6.07 Å². The van der Waals surface area contributed by atoms with Gasteiger partial charge in [0.2, 0.25) is 0 Å². The van der Waals surface area contributed by atoms with E-state index in [4.69, 9.17) is 0 Å². The van der Waals surface area contributed by atoms with Gasteiger partial charge >= 0.3 is 0 Å². The average Bonchev–Trinajstić information content (AvgIpc) is 2.86. The van der Waals surface area contributed by atoms with Crippen LogP contribution in [0, 0.1) is 11.6 Å². The summed E-state index contributed by atoms with van der Waals surface area (Å²) in [7, 11) is -3.73. The van der Waals surface area contributed by atoms with Gasteiger partial charge in [0.05, 0.1) is 0 Å². The molecule has 0 atom stereocenters. The van der Waals surface area contributed by atoms with Crippen LogP contribution < -0.4 is 0 Å². The monoisotopic (exact) mass is 302 g/mol. The van der Waals surface area contributed by atoms with Crippen LogP contribution in [0.4, 0.5) is 8.78 Å². The zero-order chi connectivity index (χ0) is 14.0. The fraction of sp³-hybridized carbons (Fsp3) is 0.0833. The second-order valence-electron chi connectivity index (χ2n) is 3.74. The normalized spacial score (nSPS) is 11.5. The summed E-state index contributed by atoms with van der Waals surface area (Å²) in [6, 6.07) is 5.49. The lowest BCUT2D eigenvalue weighted by atomic mass is 10.1. The van der Waals surface area contributed by atoms with Gasteiger partial charge in [0, 0.05) is 5.56 Å². The quantitative estimate of drug-likeness (QED) is 0.816. The molecule has 0 aliphatic carbocycles. The number of Topliss-reactive ketones (excluding diaryl/α,β-unsaturated/α-hetero) is 1. The van der Waals surface area contributed by atoms with Crippen LogP contribution in [0.1, 0.15) is 10.4 Å². The van der Waals surface area contributed by atoms with Crippen molar-refractivity contribution in [3.8, 4) is 0 Å². The maximum absolute atomic E-state index is 13.0. The van der Waals surface area contributed by atoms with E-state index in [9.17, 15) is 22.0 Å². The Hall–Kier alpha value is -1.60. The molecule has 0 saturated carbocycles. The van der Waals surface area contributed by atoms with Crippen LogP contribution >= 0.6 is 11.3 Å². The first-order valence-corrected chi connectivity index (χ1v) is 7.68. The van der Waals surface area contributed by atoms with E-state index >= 15 is 0 Å². The predicted molar refractivity (Wildman–Crippen MR) is 67.1 cm³/mol. The van der Waals surface area contributed by atoms with E-state index in [0.29, 0.717) is 6.07 Å². The van der Waals surface area contributed by atoms with Crippen LogP contribution in [-0.2, 0) is 9.84 Å². The summed E-state index contributed by atoms with van der Waals surface area (Å²) in [5.41, 5.74) is -0.168. The van der Waals surface area contributed by atoms with Crippen molar-refractivity contribution in [3.05, 3.63) is 52.9 Å². The Morgan fingerprint density at radius 3 is 2.47 bits per heavy atom. The summed E-state index contributed by atoms with van der Waals surface area (Å²) in [6.07, 6.45) is 0. The molecule has 0 fully saturated rings. The summed E-state index contributed by atoms with van der Waals surface area (Å²) in [5, 5.41) is 1.58. The maximum atomic E-state index is 13.0. The summed E-state index contributed by atoms with van der Waals surface area (Å²) in [5.74, 6) is -3.80. The number of rotatable bonds is 4. The minimum atomic E-state index is -3.73. The Labute approximate surface area is 112 Å². The molecule has 2 aromatic rings. The van der Waals surface area contributed by atoms with E-state index in [-0.39, 0.29) is 9.77 Å². The van der Waals surface area contributed by atoms with Gasteiger partial charge < -0.3 is 0 Å². The largest absolute Gasteiger partial charge is 0.293 e. The number of thiophene rings is 1. The van der Waals surface area contributed by atoms with Crippen molar-refractivity contribution in [2.75, 3.05) is 5.75 Å². The van der Waals surface area contributed by atoms with Gasteiger partial charge in [0.15, 0.2) is 27.3 Å². The van der Waals surface area contributed by atoms with Crippen LogP contribution in [0.2, 0.25) is 0 Å². The highest BCUT2D eigenvalue weighted by atomic mass is 32.2. The molecule has 3 nitrogen and oxygen atoms in total. The van der Waals surface area contributed by atoms with Crippen LogP contribution in [-0.4, -0.2) is 20.0 Å². The molecule has 0 saturated heterocycles. The Morgan fingerprint density at radius 1 is 1.16 bits per heavy atom. The van der Waals surface area contributed by atoms with Crippen LogP contribution in [0.3, 0.4) is 0 Å². The third kappa shape index (κ3) is 3.05. The summed E-state index contributed by atoms with van der Waals surface area (Å²) in [6.45, 7) is 0. The first-order chi connectivity index (χ1) is 8.90. The van der Waals surface area contributed by atoms with Crippen molar-refractivity contribution in [2.24, 2.45) is 0 Å². The number of carbonyl (C=O) groups is 1. The SMILES string of the molecule is O=C(CS(=O)(=O)c1cccs1)c1ccc(F)c(F)c1. The number of ketones is 1. The van der Waals surface area contributed by atoms with Crippen molar-refractivity contribution in [1.29, 1.82) is 0 Å². The minimum absolute atomic E-state index is 0.0726. The van der Waals surface area contributed by atoms with Gasteiger partial charge in [-0.15, -0.1) is 11.3 Å². The standard InChI is InChI=1S/C12H8F2O3S2/c13-9-4-3-8(6-10(9)14)11(15)7-19(16,17)12-2-1-5-18-12/h1-6H,7H2. The number of hydrogen-bond donors (Lipinski definition) is 0. The Balaban J connectivity index is 2.24. The molecule has 0 aliphatic heterocycles. The zero-order valence-corrected chi connectivity index (χ0v) is 11.1. The number of benzene rings is 1. The summed E-state index contributed by atoms with van der Waals surface area (Å²) >= 11 is 0.998. The summed E-state index contributed by atoms with van der Waals surface area (Å²) < 4.78 is 49.5. The number of halogens is 2. The van der Waals surface area contributed by atoms with Crippen molar-refractivity contribution in [2.45, 2.75) is 4.21 Å². The van der Waals surface area contributed by atoms with Crippen molar-refractivity contribution in [1.82, 2.24) is 0 Å². The van der Waals surface area contributed by atoms with E-state index in [1.165, 1.54) is 6.07 Å². The van der Waals surface area contributed by atoms with Crippen LogP contribution in [0.25, 0.3) is 0 Å². The second-order valence-corrected chi connectivity index (χ2v) is 6.91. The topological polar surface area (TPSA) is 51.2 Å². The fourth-order valence-corrected chi connectivity index (χ4v) is 3.76. The highest BCUT2D eigenvalue weighted by Crippen LogP contribution is 2.19. The molecule has 0 unspecified atom stereocenters.